The highest BCUT2D eigenvalue weighted by molar-refractivity contribution is 5.68. The Balaban J connectivity index is 1.89. The minimum atomic E-state index is -0.393. The van der Waals surface area contributed by atoms with Crippen LogP contribution in [0.25, 0.3) is 0 Å². The van der Waals surface area contributed by atoms with Gasteiger partial charge in [-0.1, -0.05) is 30.9 Å². The van der Waals surface area contributed by atoms with Crippen LogP contribution in [-0.4, -0.2) is 25.3 Å². The first-order valence-electron chi connectivity index (χ1n) is 5.65. The van der Waals surface area contributed by atoms with Crippen LogP contribution in [0.3, 0.4) is 0 Å². The van der Waals surface area contributed by atoms with E-state index >= 15 is 0 Å². The molecule has 1 aromatic carbocycles. The molecule has 1 heterocycles. The van der Waals surface area contributed by atoms with Gasteiger partial charge in [0.1, 0.15) is 6.61 Å². The third kappa shape index (κ3) is 3.00. The van der Waals surface area contributed by atoms with Crippen molar-refractivity contribution in [3.05, 3.63) is 42.5 Å². The molecule has 1 amide bonds. The number of nitrogens with one attached hydrogen (secondary N) is 2. The van der Waals surface area contributed by atoms with Gasteiger partial charge in [-0.25, -0.2) is 4.79 Å². The monoisotopic (exact) mass is 232 g/mol. The lowest BCUT2D eigenvalue weighted by Gasteiger charge is -2.26. The van der Waals surface area contributed by atoms with E-state index < -0.39 is 6.09 Å². The number of alkyl carbamates (subject to hydrolysis) is 1. The standard InChI is InChI=1S/C13H16N2O2/c1-2-7-17-13(16)15-11-8-10-5-3-4-6-12(10)14-9-11/h2-6,11,14H,1,7-9H2,(H,15,16). The number of amides is 1. The maximum absolute atomic E-state index is 11.4. The molecule has 0 bridgehead atoms. The highest BCUT2D eigenvalue weighted by Crippen LogP contribution is 2.20. The van der Waals surface area contributed by atoms with Gasteiger partial charge in [0.2, 0.25) is 0 Å². The predicted octanol–water partition coefficient (Wildman–Crippen LogP) is 1.94. The normalized spacial score (nSPS) is 17.5. The number of benzene rings is 1. The highest BCUT2D eigenvalue weighted by Gasteiger charge is 2.19. The van der Waals surface area contributed by atoms with E-state index in [1.165, 1.54) is 5.56 Å². The summed E-state index contributed by atoms with van der Waals surface area (Å²) in [5.41, 5.74) is 2.36. The molecule has 1 atom stereocenters. The molecule has 2 N–H and O–H groups in total. The smallest absolute Gasteiger partial charge is 0.407 e. The lowest BCUT2D eigenvalue weighted by atomic mass is 10.00. The van der Waals surface area contributed by atoms with Gasteiger partial charge in [0, 0.05) is 12.2 Å². The SMILES string of the molecule is C=CCOC(=O)NC1CNc2ccccc2C1. The fourth-order valence-corrected chi connectivity index (χ4v) is 1.89. The Morgan fingerprint density at radius 3 is 3.24 bits per heavy atom. The quantitative estimate of drug-likeness (QED) is 0.783. The minimum absolute atomic E-state index is 0.0715. The van der Waals surface area contributed by atoms with Crippen molar-refractivity contribution < 1.29 is 9.53 Å². The summed E-state index contributed by atoms with van der Waals surface area (Å²) in [7, 11) is 0. The minimum Gasteiger partial charge on any atom is -0.445 e. The maximum Gasteiger partial charge on any atom is 0.407 e. The second-order valence-corrected chi connectivity index (χ2v) is 3.97. The molecule has 1 aliphatic heterocycles. The Labute approximate surface area is 101 Å². The predicted molar refractivity (Wildman–Crippen MR) is 67.1 cm³/mol. The van der Waals surface area contributed by atoms with E-state index in [1.54, 1.807) is 6.08 Å². The van der Waals surface area contributed by atoms with E-state index in [0.29, 0.717) is 0 Å². The van der Waals surface area contributed by atoms with Crippen LogP contribution in [0.1, 0.15) is 5.56 Å². The van der Waals surface area contributed by atoms with E-state index in [4.69, 9.17) is 4.74 Å². The molecule has 90 valence electrons. The second-order valence-electron chi connectivity index (χ2n) is 3.97. The van der Waals surface area contributed by atoms with Crippen LogP contribution in [0.4, 0.5) is 10.5 Å². The van der Waals surface area contributed by atoms with Crippen molar-refractivity contribution in [3.63, 3.8) is 0 Å². The topological polar surface area (TPSA) is 50.4 Å². The molecule has 0 spiro atoms. The van der Waals surface area contributed by atoms with Gasteiger partial charge in [0.05, 0.1) is 6.04 Å². The molecule has 0 fully saturated rings. The van der Waals surface area contributed by atoms with E-state index in [9.17, 15) is 4.79 Å². The molecule has 0 saturated carbocycles. The van der Waals surface area contributed by atoms with Gasteiger partial charge in [-0.15, -0.1) is 0 Å². The number of fused-ring (bicyclic) bond motifs is 1. The molecular formula is C13H16N2O2. The van der Waals surface area contributed by atoms with Crippen LogP contribution < -0.4 is 10.6 Å². The van der Waals surface area contributed by atoms with Crippen LogP contribution >= 0.6 is 0 Å². The Morgan fingerprint density at radius 1 is 1.59 bits per heavy atom. The molecule has 1 unspecified atom stereocenters. The molecule has 4 heteroatoms. The third-order valence-corrected chi connectivity index (χ3v) is 2.68. The molecule has 0 radical (unpaired) electrons. The number of para-hydroxylation sites is 1. The summed E-state index contributed by atoms with van der Waals surface area (Å²) in [4.78, 5) is 11.4. The van der Waals surface area contributed by atoms with Crippen LogP contribution in [0.2, 0.25) is 0 Å². The van der Waals surface area contributed by atoms with Crippen molar-refractivity contribution >= 4 is 11.8 Å². The summed E-state index contributed by atoms with van der Waals surface area (Å²) in [6, 6.07) is 8.17. The zero-order chi connectivity index (χ0) is 12.1. The fourth-order valence-electron chi connectivity index (χ4n) is 1.89. The maximum atomic E-state index is 11.4. The van der Waals surface area contributed by atoms with Crippen molar-refractivity contribution in [3.8, 4) is 0 Å². The van der Waals surface area contributed by atoms with Gasteiger partial charge in [-0.3, -0.25) is 0 Å². The zero-order valence-corrected chi connectivity index (χ0v) is 9.61. The first kappa shape index (κ1) is 11.5. The van der Waals surface area contributed by atoms with E-state index in [0.717, 1.165) is 18.7 Å². The van der Waals surface area contributed by atoms with Crippen molar-refractivity contribution in [1.29, 1.82) is 0 Å². The number of hydrogen-bond donors (Lipinski definition) is 2. The average Bonchev–Trinajstić information content (AvgIpc) is 2.36. The van der Waals surface area contributed by atoms with Crippen LogP contribution in [0.5, 0.6) is 0 Å². The van der Waals surface area contributed by atoms with Gasteiger partial charge >= 0.3 is 6.09 Å². The first-order valence-corrected chi connectivity index (χ1v) is 5.65. The van der Waals surface area contributed by atoms with Crippen molar-refractivity contribution in [1.82, 2.24) is 5.32 Å². The Hall–Kier alpha value is -1.97. The number of carbonyl (C=O) groups is 1. The molecule has 0 aromatic heterocycles. The molecule has 4 nitrogen and oxygen atoms in total. The highest BCUT2D eigenvalue weighted by atomic mass is 16.5. The van der Waals surface area contributed by atoms with Gasteiger partial charge in [0.25, 0.3) is 0 Å². The number of hydrogen-bond acceptors (Lipinski definition) is 3. The van der Waals surface area contributed by atoms with Gasteiger partial charge in [0.15, 0.2) is 0 Å². The van der Waals surface area contributed by atoms with Gasteiger partial charge < -0.3 is 15.4 Å². The van der Waals surface area contributed by atoms with Crippen molar-refractivity contribution in [2.24, 2.45) is 0 Å². The molecule has 1 aliphatic rings. The number of carbonyl (C=O) groups excluding carboxylic acids is 1. The lowest BCUT2D eigenvalue weighted by molar-refractivity contribution is 0.154. The number of ether oxygens (including phenoxy) is 1. The summed E-state index contributed by atoms with van der Waals surface area (Å²) in [6.45, 7) is 4.45. The molecular weight excluding hydrogens is 216 g/mol. The summed E-state index contributed by atoms with van der Waals surface area (Å²) in [5.74, 6) is 0. The zero-order valence-electron chi connectivity index (χ0n) is 9.61. The molecule has 2 rings (SSSR count). The van der Waals surface area contributed by atoms with E-state index in [1.807, 2.05) is 18.2 Å². The first-order chi connectivity index (χ1) is 8.29. The molecule has 0 saturated heterocycles. The molecule has 1 aromatic rings. The second kappa shape index (κ2) is 5.39. The van der Waals surface area contributed by atoms with E-state index in [2.05, 4.69) is 23.3 Å². The summed E-state index contributed by atoms with van der Waals surface area (Å²) < 4.78 is 4.89. The Kier molecular flexibility index (Phi) is 3.65. The summed E-state index contributed by atoms with van der Waals surface area (Å²) in [5, 5.41) is 6.11. The number of rotatable bonds is 3. The molecule has 17 heavy (non-hydrogen) atoms. The van der Waals surface area contributed by atoms with Crippen molar-refractivity contribution in [2.45, 2.75) is 12.5 Å². The number of anilines is 1. The fraction of sp³-hybridized carbons (Fsp3) is 0.308. The molecule has 0 aliphatic carbocycles. The van der Waals surface area contributed by atoms with Crippen LogP contribution in [0.15, 0.2) is 36.9 Å². The Bertz CT molecular complexity index is 418. The third-order valence-electron chi connectivity index (χ3n) is 2.68. The van der Waals surface area contributed by atoms with Crippen LogP contribution in [-0.2, 0) is 11.2 Å². The van der Waals surface area contributed by atoms with Crippen molar-refractivity contribution in [2.75, 3.05) is 18.5 Å². The van der Waals surface area contributed by atoms with Gasteiger partial charge in [-0.05, 0) is 18.1 Å². The average molecular weight is 232 g/mol. The lowest BCUT2D eigenvalue weighted by Crippen LogP contribution is -2.43. The van der Waals surface area contributed by atoms with E-state index in [-0.39, 0.29) is 12.6 Å². The van der Waals surface area contributed by atoms with Gasteiger partial charge in [-0.2, -0.15) is 0 Å². The summed E-state index contributed by atoms with van der Waals surface area (Å²) >= 11 is 0. The summed E-state index contributed by atoms with van der Waals surface area (Å²) in [6.07, 6.45) is 1.98. The van der Waals surface area contributed by atoms with Crippen LogP contribution in [0, 0.1) is 0 Å². The largest absolute Gasteiger partial charge is 0.445 e. The Morgan fingerprint density at radius 2 is 2.41 bits per heavy atom.